The van der Waals surface area contributed by atoms with Crippen LogP contribution in [0.1, 0.15) is 20.8 Å². The molecule has 1 atom stereocenters. The van der Waals surface area contributed by atoms with Gasteiger partial charge in [0, 0.05) is 0 Å². The van der Waals surface area contributed by atoms with Crippen LogP contribution in [0.3, 0.4) is 0 Å². The Morgan fingerprint density at radius 2 is 1.92 bits per heavy atom. The standard InChI is InChI=1S/C9H19NO3/c1-9(2,3)13-8(12)7(6-11)10(4)5/h7,11H,6H2,1-5H3/t7-/m0/s1. The van der Waals surface area contributed by atoms with Crippen LogP contribution in [0.25, 0.3) is 0 Å². The van der Waals surface area contributed by atoms with Crippen molar-refractivity contribution in [2.24, 2.45) is 0 Å². The first-order valence-electron chi connectivity index (χ1n) is 4.28. The van der Waals surface area contributed by atoms with Crippen molar-refractivity contribution in [2.75, 3.05) is 20.7 Å². The van der Waals surface area contributed by atoms with Crippen LogP contribution in [0.5, 0.6) is 0 Å². The fraction of sp³-hybridized carbons (Fsp3) is 0.889. The van der Waals surface area contributed by atoms with Gasteiger partial charge in [-0.1, -0.05) is 0 Å². The van der Waals surface area contributed by atoms with Crippen LogP contribution < -0.4 is 0 Å². The SMILES string of the molecule is CN(C)[C@@H](CO)C(=O)OC(C)(C)C. The van der Waals surface area contributed by atoms with Gasteiger partial charge in [0.15, 0.2) is 0 Å². The van der Waals surface area contributed by atoms with Gasteiger partial charge in [-0.3, -0.25) is 9.69 Å². The Morgan fingerprint density at radius 3 is 2.15 bits per heavy atom. The number of aliphatic hydroxyl groups excluding tert-OH is 1. The van der Waals surface area contributed by atoms with Crippen LogP contribution in [0.4, 0.5) is 0 Å². The van der Waals surface area contributed by atoms with Crippen molar-refractivity contribution < 1.29 is 14.6 Å². The molecule has 0 aliphatic carbocycles. The Morgan fingerprint density at radius 1 is 1.46 bits per heavy atom. The lowest BCUT2D eigenvalue weighted by atomic mass is 10.2. The Bertz CT molecular complexity index is 172. The van der Waals surface area contributed by atoms with Crippen LogP contribution in [0.2, 0.25) is 0 Å². The summed E-state index contributed by atoms with van der Waals surface area (Å²) in [5.74, 6) is -0.389. The Hall–Kier alpha value is -0.610. The molecular weight excluding hydrogens is 170 g/mol. The molecule has 78 valence electrons. The van der Waals surface area contributed by atoms with Gasteiger partial charge in [0.05, 0.1) is 6.61 Å². The highest BCUT2D eigenvalue weighted by atomic mass is 16.6. The summed E-state index contributed by atoms with van der Waals surface area (Å²) in [7, 11) is 3.45. The van der Waals surface area contributed by atoms with Gasteiger partial charge < -0.3 is 9.84 Å². The van der Waals surface area contributed by atoms with Crippen molar-refractivity contribution >= 4 is 5.97 Å². The number of carbonyl (C=O) groups excluding carboxylic acids is 1. The molecule has 0 heterocycles. The number of hydrogen-bond donors (Lipinski definition) is 1. The molecule has 0 rings (SSSR count). The minimum atomic E-state index is -0.570. The third kappa shape index (κ3) is 4.85. The molecule has 0 spiro atoms. The van der Waals surface area contributed by atoms with Crippen LogP contribution in [-0.4, -0.2) is 48.3 Å². The minimum absolute atomic E-state index is 0.220. The summed E-state index contributed by atoms with van der Waals surface area (Å²) >= 11 is 0. The van der Waals surface area contributed by atoms with Crippen LogP contribution >= 0.6 is 0 Å². The predicted molar refractivity (Wildman–Crippen MR) is 50.4 cm³/mol. The van der Waals surface area contributed by atoms with Gasteiger partial charge in [0.25, 0.3) is 0 Å². The Kier molecular flexibility index (Phi) is 4.36. The summed E-state index contributed by atoms with van der Waals surface area (Å²) in [6.45, 7) is 5.18. The molecular formula is C9H19NO3. The van der Waals surface area contributed by atoms with E-state index in [-0.39, 0.29) is 12.6 Å². The fourth-order valence-electron chi connectivity index (χ4n) is 0.818. The van der Waals surface area contributed by atoms with E-state index in [1.165, 1.54) is 0 Å². The first-order valence-corrected chi connectivity index (χ1v) is 4.28. The normalized spacial score (nSPS) is 14.4. The molecule has 0 aromatic heterocycles. The smallest absolute Gasteiger partial charge is 0.326 e. The van der Waals surface area contributed by atoms with Crippen LogP contribution in [0.15, 0.2) is 0 Å². The summed E-state index contributed by atoms with van der Waals surface area (Å²) < 4.78 is 5.11. The quantitative estimate of drug-likeness (QED) is 0.647. The highest BCUT2D eigenvalue weighted by molar-refractivity contribution is 5.76. The van der Waals surface area contributed by atoms with Gasteiger partial charge in [-0.25, -0.2) is 0 Å². The second kappa shape index (κ2) is 4.58. The van der Waals surface area contributed by atoms with Gasteiger partial charge in [0.1, 0.15) is 11.6 Å². The van der Waals surface area contributed by atoms with Crippen molar-refractivity contribution in [3.8, 4) is 0 Å². The third-order valence-electron chi connectivity index (χ3n) is 1.48. The molecule has 0 aliphatic rings. The van der Waals surface area contributed by atoms with E-state index < -0.39 is 11.6 Å². The number of aliphatic hydroxyl groups is 1. The molecule has 0 radical (unpaired) electrons. The highest BCUT2D eigenvalue weighted by Gasteiger charge is 2.25. The molecule has 0 aliphatic heterocycles. The van der Waals surface area contributed by atoms with Gasteiger partial charge in [-0.05, 0) is 34.9 Å². The first-order chi connectivity index (χ1) is 5.78. The van der Waals surface area contributed by atoms with Gasteiger partial charge in [-0.15, -0.1) is 0 Å². The number of esters is 1. The maximum atomic E-state index is 11.4. The summed E-state index contributed by atoms with van der Waals surface area (Å²) in [4.78, 5) is 13.0. The van der Waals surface area contributed by atoms with Crippen molar-refractivity contribution in [3.63, 3.8) is 0 Å². The summed E-state index contributed by atoms with van der Waals surface area (Å²) in [5.41, 5.74) is -0.499. The first kappa shape index (κ1) is 12.4. The molecule has 13 heavy (non-hydrogen) atoms. The van der Waals surface area contributed by atoms with E-state index in [1.54, 1.807) is 39.8 Å². The topological polar surface area (TPSA) is 49.8 Å². The van der Waals surface area contributed by atoms with E-state index in [9.17, 15) is 4.79 Å². The lowest BCUT2D eigenvalue weighted by Gasteiger charge is -2.26. The number of likely N-dealkylation sites (N-methyl/N-ethyl adjacent to an activating group) is 1. The fourth-order valence-corrected chi connectivity index (χ4v) is 0.818. The second-order valence-corrected chi connectivity index (χ2v) is 4.20. The number of hydrogen-bond acceptors (Lipinski definition) is 4. The van der Waals surface area contributed by atoms with E-state index in [1.807, 2.05) is 0 Å². The number of rotatable bonds is 3. The van der Waals surface area contributed by atoms with Crippen molar-refractivity contribution in [2.45, 2.75) is 32.4 Å². The molecule has 0 amide bonds. The molecule has 0 unspecified atom stereocenters. The Labute approximate surface area is 79.5 Å². The van der Waals surface area contributed by atoms with Crippen molar-refractivity contribution in [3.05, 3.63) is 0 Å². The average molecular weight is 189 g/mol. The summed E-state index contributed by atoms with van der Waals surface area (Å²) in [6.07, 6.45) is 0. The summed E-state index contributed by atoms with van der Waals surface area (Å²) in [5, 5.41) is 8.92. The number of ether oxygens (including phenoxy) is 1. The zero-order valence-corrected chi connectivity index (χ0v) is 9.00. The molecule has 1 N–H and O–H groups in total. The number of carbonyl (C=O) groups is 1. The van der Waals surface area contributed by atoms with E-state index in [2.05, 4.69) is 0 Å². The van der Waals surface area contributed by atoms with Crippen LogP contribution in [-0.2, 0) is 9.53 Å². The van der Waals surface area contributed by atoms with Crippen molar-refractivity contribution in [1.29, 1.82) is 0 Å². The second-order valence-electron chi connectivity index (χ2n) is 4.20. The minimum Gasteiger partial charge on any atom is -0.459 e. The molecule has 0 saturated heterocycles. The van der Waals surface area contributed by atoms with E-state index >= 15 is 0 Å². The van der Waals surface area contributed by atoms with E-state index in [4.69, 9.17) is 9.84 Å². The monoisotopic (exact) mass is 189 g/mol. The maximum absolute atomic E-state index is 11.4. The zero-order chi connectivity index (χ0) is 10.6. The van der Waals surface area contributed by atoms with E-state index in [0.717, 1.165) is 0 Å². The predicted octanol–water partition coefficient (Wildman–Crippen LogP) is 0.251. The molecule has 0 fully saturated rings. The largest absolute Gasteiger partial charge is 0.459 e. The van der Waals surface area contributed by atoms with Crippen LogP contribution in [0, 0.1) is 0 Å². The molecule has 0 bridgehead atoms. The molecule has 0 aromatic rings. The molecule has 0 saturated carbocycles. The van der Waals surface area contributed by atoms with E-state index in [0.29, 0.717) is 0 Å². The lowest BCUT2D eigenvalue weighted by molar-refractivity contribution is -0.161. The zero-order valence-electron chi connectivity index (χ0n) is 9.00. The Balaban J connectivity index is 4.23. The van der Waals surface area contributed by atoms with Gasteiger partial charge >= 0.3 is 5.97 Å². The maximum Gasteiger partial charge on any atom is 0.326 e. The number of nitrogens with zero attached hydrogens (tertiary/aromatic N) is 1. The average Bonchev–Trinajstić information content (AvgIpc) is 1.82. The van der Waals surface area contributed by atoms with Gasteiger partial charge in [0.2, 0.25) is 0 Å². The van der Waals surface area contributed by atoms with Gasteiger partial charge in [-0.2, -0.15) is 0 Å². The summed E-state index contributed by atoms with van der Waals surface area (Å²) in [6, 6.07) is -0.570. The highest BCUT2D eigenvalue weighted by Crippen LogP contribution is 2.09. The molecule has 4 heteroatoms. The third-order valence-corrected chi connectivity index (χ3v) is 1.48. The molecule has 4 nitrogen and oxygen atoms in total. The lowest BCUT2D eigenvalue weighted by Crippen LogP contribution is -2.42. The molecule has 0 aromatic carbocycles. The van der Waals surface area contributed by atoms with Crippen molar-refractivity contribution in [1.82, 2.24) is 4.90 Å².